The van der Waals surface area contributed by atoms with Crippen molar-refractivity contribution in [1.82, 2.24) is 9.55 Å². The van der Waals surface area contributed by atoms with Crippen molar-refractivity contribution in [2.45, 2.75) is 26.2 Å². The number of para-hydroxylation sites is 1. The smallest absolute Gasteiger partial charge is 0.168 e. The number of aldehydes is 1. The van der Waals surface area contributed by atoms with Gasteiger partial charge in [-0.1, -0.05) is 31.5 Å². The number of hydrogen-bond acceptors (Lipinski definition) is 2. The maximum absolute atomic E-state index is 11.0. The molecular formula is C14H16N2O. The minimum Gasteiger partial charge on any atom is -0.296 e. The summed E-state index contributed by atoms with van der Waals surface area (Å²) in [4.78, 5) is 15.4. The zero-order valence-corrected chi connectivity index (χ0v) is 9.97. The Morgan fingerprint density at radius 3 is 2.71 bits per heavy atom. The Morgan fingerprint density at radius 1 is 1.29 bits per heavy atom. The Kier molecular flexibility index (Phi) is 3.70. The number of carbonyl (C=O) groups is 1. The van der Waals surface area contributed by atoms with E-state index in [1.54, 1.807) is 6.20 Å². The molecule has 0 aliphatic heterocycles. The standard InChI is InChI=1S/C14H16N2O/c1-2-3-9-14-15-10-13(11-17)16(14)12-7-5-4-6-8-12/h4-8,10-11H,2-3,9H2,1H3. The number of benzene rings is 1. The molecule has 17 heavy (non-hydrogen) atoms. The fourth-order valence-corrected chi connectivity index (χ4v) is 1.87. The normalized spacial score (nSPS) is 10.4. The first-order valence-corrected chi connectivity index (χ1v) is 5.94. The first-order valence-electron chi connectivity index (χ1n) is 5.94. The Morgan fingerprint density at radius 2 is 2.06 bits per heavy atom. The van der Waals surface area contributed by atoms with Crippen LogP contribution in [0.3, 0.4) is 0 Å². The molecule has 0 spiro atoms. The lowest BCUT2D eigenvalue weighted by Crippen LogP contribution is -2.04. The highest BCUT2D eigenvalue weighted by molar-refractivity contribution is 5.73. The van der Waals surface area contributed by atoms with Gasteiger partial charge in [0.1, 0.15) is 11.5 Å². The second-order valence-corrected chi connectivity index (χ2v) is 3.99. The first-order chi connectivity index (χ1) is 8.36. The summed E-state index contributed by atoms with van der Waals surface area (Å²) in [5, 5.41) is 0. The van der Waals surface area contributed by atoms with Gasteiger partial charge in [-0.3, -0.25) is 9.36 Å². The molecule has 0 N–H and O–H groups in total. The van der Waals surface area contributed by atoms with Crippen molar-refractivity contribution < 1.29 is 4.79 Å². The van der Waals surface area contributed by atoms with Gasteiger partial charge in [0.2, 0.25) is 0 Å². The quantitative estimate of drug-likeness (QED) is 0.737. The fraction of sp³-hybridized carbons (Fsp3) is 0.286. The number of aromatic nitrogens is 2. The fourth-order valence-electron chi connectivity index (χ4n) is 1.87. The van der Waals surface area contributed by atoms with Gasteiger partial charge in [-0.15, -0.1) is 0 Å². The van der Waals surface area contributed by atoms with Gasteiger partial charge in [0.25, 0.3) is 0 Å². The lowest BCUT2D eigenvalue weighted by atomic mass is 10.2. The third kappa shape index (κ3) is 2.44. The van der Waals surface area contributed by atoms with E-state index in [2.05, 4.69) is 11.9 Å². The number of aryl methyl sites for hydroxylation is 1. The van der Waals surface area contributed by atoms with Gasteiger partial charge in [-0.05, 0) is 18.6 Å². The largest absolute Gasteiger partial charge is 0.296 e. The Labute approximate surface area is 101 Å². The number of rotatable bonds is 5. The van der Waals surface area contributed by atoms with E-state index >= 15 is 0 Å². The zero-order chi connectivity index (χ0) is 12.1. The van der Waals surface area contributed by atoms with Crippen LogP contribution in [0, 0.1) is 0 Å². The van der Waals surface area contributed by atoms with E-state index in [9.17, 15) is 4.79 Å². The van der Waals surface area contributed by atoms with Crippen molar-refractivity contribution in [3.05, 3.63) is 48.0 Å². The Hall–Kier alpha value is -1.90. The predicted octanol–water partition coefficient (Wildman–Crippen LogP) is 3.03. The average Bonchev–Trinajstić information content (AvgIpc) is 2.80. The summed E-state index contributed by atoms with van der Waals surface area (Å²) in [7, 11) is 0. The highest BCUT2D eigenvalue weighted by Gasteiger charge is 2.10. The van der Waals surface area contributed by atoms with Crippen LogP contribution in [0.15, 0.2) is 36.5 Å². The van der Waals surface area contributed by atoms with Gasteiger partial charge in [-0.25, -0.2) is 4.98 Å². The summed E-state index contributed by atoms with van der Waals surface area (Å²) in [5.74, 6) is 0.958. The summed E-state index contributed by atoms with van der Waals surface area (Å²) in [6, 6.07) is 9.88. The van der Waals surface area contributed by atoms with Gasteiger partial charge in [0.15, 0.2) is 6.29 Å². The molecule has 1 heterocycles. The lowest BCUT2D eigenvalue weighted by molar-refractivity contribution is 0.111. The molecule has 0 atom stereocenters. The van der Waals surface area contributed by atoms with E-state index in [0.29, 0.717) is 5.69 Å². The van der Waals surface area contributed by atoms with Gasteiger partial charge in [-0.2, -0.15) is 0 Å². The van der Waals surface area contributed by atoms with Gasteiger partial charge in [0, 0.05) is 12.1 Å². The molecule has 1 aromatic carbocycles. The van der Waals surface area contributed by atoms with Gasteiger partial charge < -0.3 is 0 Å². The number of nitrogens with zero attached hydrogens (tertiary/aromatic N) is 2. The Bertz CT molecular complexity index is 488. The molecule has 0 bridgehead atoms. The van der Waals surface area contributed by atoms with Crippen molar-refractivity contribution in [2.24, 2.45) is 0 Å². The van der Waals surface area contributed by atoms with Crippen LogP contribution in [0.5, 0.6) is 0 Å². The third-order valence-corrected chi connectivity index (χ3v) is 2.75. The molecule has 0 unspecified atom stereocenters. The van der Waals surface area contributed by atoms with Crippen molar-refractivity contribution in [1.29, 1.82) is 0 Å². The van der Waals surface area contributed by atoms with Crippen LogP contribution in [0.25, 0.3) is 5.69 Å². The van der Waals surface area contributed by atoms with Crippen molar-refractivity contribution >= 4 is 6.29 Å². The molecule has 0 fully saturated rings. The molecule has 0 saturated heterocycles. The van der Waals surface area contributed by atoms with Crippen LogP contribution in [0.4, 0.5) is 0 Å². The minimum absolute atomic E-state index is 0.613. The van der Waals surface area contributed by atoms with E-state index in [-0.39, 0.29) is 0 Å². The van der Waals surface area contributed by atoms with E-state index in [0.717, 1.165) is 37.1 Å². The molecule has 2 aromatic rings. The lowest BCUT2D eigenvalue weighted by Gasteiger charge is -2.08. The Balaban J connectivity index is 2.42. The van der Waals surface area contributed by atoms with Crippen LogP contribution in [-0.4, -0.2) is 15.8 Å². The van der Waals surface area contributed by atoms with Crippen LogP contribution >= 0.6 is 0 Å². The van der Waals surface area contributed by atoms with Crippen LogP contribution in [-0.2, 0) is 6.42 Å². The molecule has 3 heteroatoms. The second kappa shape index (κ2) is 5.43. The summed E-state index contributed by atoms with van der Waals surface area (Å²) in [6.07, 6.45) is 5.61. The monoisotopic (exact) mass is 228 g/mol. The molecule has 0 amide bonds. The number of carbonyl (C=O) groups excluding carboxylic acids is 1. The topological polar surface area (TPSA) is 34.9 Å². The number of unbranched alkanes of at least 4 members (excludes halogenated alkanes) is 1. The minimum atomic E-state index is 0.613. The van der Waals surface area contributed by atoms with Gasteiger partial charge in [0.05, 0.1) is 6.20 Å². The molecular weight excluding hydrogens is 212 g/mol. The second-order valence-electron chi connectivity index (χ2n) is 3.99. The van der Waals surface area contributed by atoms with Gasteiger partial charge >= 0.3 is 0 Å². The molecule has 0 aliphatic carbocycles. The SMILES string of the molecule is CCCCc1ncc(C=O)n1-c1ccccc1. The van der Waals surface area contributed by atoms with Crippen molar-refractivity contribution in [3.63, 3.8) is 0 Å². The van der Waals surface area contributed by atoms with Crippen LogP contribution < -0.4 is 0 Å². The molecule has 0 saturated carbocycles. The van der Waals surface area contributed by atoms with E-state index in [1.807, 2.05) is 34.9 Å². The van der Waals surface area contributed by atoms with E-state index < -0.39 is 0 Å². The van der Waals surface area contributed by atoms with E-state index in [4.69, 9.17) is 0 Å². The van der Waals surface area contributed by atoms with Crippen LogP contribution in [0.1, 0.15) is 36.1 Å². The average molecular weight is 228 g/mol. The third-order valence-electron chi connectivity index (χ3n) is 2.75. The first kappa shape index (κ1) is 11.6. The molecule has 1 aromatic heterocycles. The molecule has 0 radical (unpaired) electrons. The van der Waals surface area contributed by atoms with Crippen molar-refractivity contribution in [3.8, 4) is 5.69 Å². The summed E-state index contributed by atoms with van der Waals surface area (Å²) < 4.78 is 1.93. The zero-order valence-electron chi connectivity index (χ0n) is 9.97. The maximum atomic E-state index is 11.0. The van der Waals surface area contributed by atoms with Crippen molar-refractivity contribution in [2.75, 3.05) is 0 Å². The summed E-state index contributed by atoms with van der Waals surface area (Å²) >= 11 is 0. The molecule has 88 valence electrons. The summed E-state index contributed by atoms with van der Waals surface area (Å²) in [6.45, 7) is 2.15. The van der Waals surface area contributed by atoms with Crippen LogP contribution in [0.2, 0.25) is 0 Å². The molecule has 3 nitrogen and oxygen atoms in total. The number of hydrogen-bond donors (Lipinski definition) is 0. The highest BCUT2D eigenvalue weighted by atomic mass is 16.1. The predicted molar refractivity (Wildman–Crippen MR) is 67.6 cm³/mol. The maximum Gasteiger partial charge on any atom is 0.168 e. The highest BCUT2D eigenvalue weighted by Crippen LogP contribution is 2.15. The molecule has 2 rings (SSSR count). The van der Waals surface area contributed by atoms with E-state index in [1.165, 1.54) is 0 Å². The number of imidazole rings is 1. The molecule has 0 aliphatic rings. The summed E-state index contributed by atoms with van der Waals surface area (Å²) in [5.41, 5.74) is 1.61.